The molecule has 2 rings (SSSR count). The van der Waals surface area contributed by atoms with E-state index in [2.05, 4.69) is 79.9 Å². The van der Waals surface area contributed by atoms with Crippen molar-refractivity contribution in [3.63, 3.8) is 0 Å². The van der Waals surface area contributed by atoms with Crippen LogP contribution in [0.15, 0.2) is 30.3 Å². The van der Waals surface area contributed by atoms with E-state index in [1.54, 1.807) is 0 Å². The first-order chi connectivity index (χ1) is 10.0. The minimum Gasteiger partial charge on any atom is -0.369 e. The zero-order chi connectivity index (χ0) is 15.5. The third-order valence-electron chi connectivity index (χ3n) is 3.65. The van der Waals surface area contributed by atoms with Crippen LogP contribution in [0.2, 0.25) is 0 Å². The van der Waals surface area contributed by atoms with Gasteiger partial charge in [0, 0.05) is 12.0 Å². The first-order valence-electron chi connectivity index (χ1n) is 7.37. The van der Waals surface area contributed by atoms with Crippen molar-refractivity contribution >= 4 is 28.4 Å². The highest BCUT2D eigenvalue weighted by atomic mass is 127. The van der Waals surface area contributed by atoms with E-state index in [4.69, 9.17) is 9.97 Å². The van der Waals surface area contributed by atoms with Crippen molar-refractivity contribution in [2.24, 2.45) is 0 Å². The van der Waals surface area contributed by atoms with Crippen LogP contribution in [0.4, 0.5) is 5.82 Å². The van der Waals surface area contributed by atoms with Crippen LogP contribution in [0.3, 0.4) is 0 Å². The van der Waals surface area contributed by atoms with Gasteiger partial charge in [-0.15, -0.1) is 0 Å². The van der Waals surface area contributed by atoms with Crippen LogP contribution >= 0.6 is 22.6 Å². The summed E-state index contributed by atoms with van der Waals surface area (Å²) in [6, 6.07) is 10.4. The minimum absolute atomic E-state index is 0.209. The molecule has 0 saturated heterocycles. The van der Waals surface area contributed by atoms with Crippen LogP contribution in [-0.4, -0.2) is 16.5 Å². The average molecular weight is 395 g/mol. The number of anilines is 1. The Morgan fingerprint density at radius 2 is 1.76 bits per heavy atom. The molecule has 0 unspecified atom stereocenters. The van der Waals surface area contributed by atoms with E-state index in [1.807, 2.05) is 6.07 Å². The Balaban J connectivity index is 2.55. The zero-order valence-corrected chi connectivity index (χ0v) is 15.2. The second-order valence-electron chi connectivity index (χ2n) is 5.53. The first-order valence-corrected chi connectivity index (χ1v) is 8.44. The Labute approximate surface area is 140 Å². The third-order valence-corrected chi connectivity index (χ3v) is 4.79. The predicted octanol–water partition coefficient (Wildman–Crippen LogP) is 4.40. The van der Waals surface area contributed by atoms with Gasteiger partial charge in [0.2, 0.25) is 0 Å². The van der Waals surface area contributed by atoms with Gasteiger partial charge in [-0.2, -0.15) is 0 Å². The highest BCUT2D eigenvalue weighted by Gasteiger charge is 2.28. The highest BCUT2D eigenvalue weighted by Crippen LogP contribution is 2.31. The summed E-state index contributed by atoms with van der Waals surface area (Å²) >= 11 is 2.34. The van der Waals surface area contributed by atoms with Gasteiger partial charge >= 0.3 is 0 Å². The zero-order valence-electron chi connectivity index (χ0n) is 13.1. The standard InChI is InChI=1S/C17H22IN3/c1-5-13-14(18)15(19-6-2)21-16(20-13)17(3,4)12-10-8-7-9-11-12/h7-11H,5-6H2,1-4H3,(H,19,20,21). The van der Waals surface area contributed by atoms with Crippen molar-refractivity contribution in [2.75, 3.05) is 11.9 Å². The Hall–Kier alpha value is -1.17. The number of nitrogens with zero attached hydrogens (tertiary/aromatic N) is 2. The molecule has 4 heteroatoms. The van der Waals surface area contributed by atoms with E-state index in [9.17, 15) is 0 Å². The number of benzene rings is 1. The van der Waals surface area contributed by atoms with Crippen molar-refractivity contribution in [1.82, 2.24) is 9.97 Å². The normalized spacial score (nSPS) is 11.5. The summed E-state index contributed by atoms with van der Waals surface area (Å²) in [7, 11) is 0. The van der Waals surface area contributed by atoms with Crippen LogP contribution in [-0.2, 0) is 11.8 Å². The molecule has 0 atom stereocenters. The first kappa shape index (κ1) is 16.2. The summed E-state index contributed by atoms with van der Waals surface area (Å²) in [5.41, 5.74) is 2.14. The third kappa shape index (κ3) is 3.36. The quantitative estimate of drug-likeness (QED) is 0.763. The number of hydrogen-bond donors (Lipinski definition) is 1. The van der Waals surface area contributed by atoms with E-state index in [1.165, 1.54) is 5.56 Å². The van der Waals surface area contributed by atoms with Crippen LogP contribution in [0, 0.1) is 3.57 Å². The van der Waals surface area contributed by atoms with Gasteiger partial charge in [0.05, 0.1) is 9.26 Å². The number of aromatic nitrogens is 2. The molecule has 0 amide bonds. The molecular weight excluding hydrogens is 373 g/mol. The average Bonchev–Trinajstić information content (AvgIpc) is 2.50. The summed E-state index contributed by atoms with van der Waals surface area (Å²) < 4.78 is 1.13. The molecule has 2 aromatic rings. The lowest BCUT2D eigenvalue weighted by Crippen LogP contribution is -2.24. The fourth-order valence-corrected chi connectivity index (χ4v) is 3.09. The van der Waals surface area contributed by atoms with E-state index in [0.717, 1.165) is 33.9 Å². The maximum Gasteiger partial charge on any atom is 0.143 e. The monoisotopic (exact) mass is 395 g/mol. The largest absolute Gasteiger partial charge is 0.369 e. The number of rotatable bonds is 5. The van der Waals surface area contributed by atoms with Gasteiger partial charge in [0.15, 0.2) is 0 Å². The van der Waals surface area contributed by atoms with Crippen LogP contribution in [0.1, 0.15) is 44.8 Å². The second-order valence-corrected chi connectivity index (χ2v) is 6.61. The van der Waals surface area contributed by atoms with Gasteiger partial charge in [-0.1, -0.05) is 37.3 Å². The molecule has 0 aliphatic heterocycles. The molecule has 0 fully saturated rings. The van der Waals surface area contributed by atoms with Crippen LogP contribution in [0.5, 0.6) is 0 Å². The second kappa shape index (κ2) is 6.73. The minimum atomic E-state index is -0.209. The van der Waals surface area contributed by atoms with Gasteiger partial charge in [-0.3, -0.25) is 0 Å². The molecule has 112 valence electrons. The van der Waals surface area contributed by atoms with E-state index >= 15 is 0 Å². The fraction of sp³-hybridized carbons (Fsp3) is 0.412. The van der Waals surface area contributed by atoms with Crippen molar-refractivity contribution in [2.45, 2.75) is 39.5 Å². The lowest BCUT2D eigenvalue weighted by Gasteiger charge is -2.25. The number of hydrogen-bond acceptors (Lipinski definition) is 3. The summed E-state index contributed by atoms with van der Waals surface area (Å²) in [6.45, 7) is 9.45. The lowest BCUT2D eigenvalue weighted by molar-refractivity contribution is 0.585. The molecule has 3 nitrogen and oxygen atoms in total. The van der Waals surface area contributed by atoms with Gasteiger partial charge in [0.1, 0.15) is 11.6 Å². The molecule has 0 saturated carbocycles. The van der Waals surface area contributed by atoms with Crippen molar-refractivity contribution in [3.05, 3.63) is 51.0 Å². The van der Waals surface area contributed by atoms with Gasteiger partial charge in [-0.25, -0.2) is 9.97 Å². The fourth-order valence-electron chi connectivity index (χ4n) is 2.28. The maximum absolute atomic E-state index is 4.82. The molecule has 0 aliphatic rings. The topological polar surface area (TPSA) is 37.8 Å². The van der Waals surface area contributed by atoms with Gasteiger partial charge in [0.25, 0.3) is 0 Å². The molecule has 1 aromatic carbocycles. The van der Waals surface area contributed by atoms with E-state index in [0.29, 0.717) is 0 Å². The molecule has 1 heterocycles. The van der Waals surface area contributed by atoms with Crippen molar-refractivity contribution < 1.29 is 0 Å². The molecule has 1 N–H and O–H groups in total. The predicted molar refractivity (Wildman–Crippen MR) is 96.9 cm³/mol. The Bertz CT molecular complexity index is 609. The summed E-state index contributed by atoms with van der Waals surface area (Å²) in [5.74, 6) is 1.82. The summed E-state index contributed by atoms with van der Waals surface area (Å²) in [5, 5.41) is 3.36. The molecular formula is C17H22IN3. The lowest BCUT2D eigenvalue weighted by atomic mass is 9.83. The summed E-state index contributed by atoms with van der Waals surface area (Å²) in [6.07, 6.45) is 0.914. The van der Waals surface area contributed by atoms with Crippen LogP contribution in [0.25, 0.3) is 0 Å². The molecule has 0 spiro atoms. The molecule has 1 aromatic heterocycles. The Kier molecular flexibility index (Phi) is 5.19. The Morgan fingerprint density at radius 3 is 2.33 bits per heavy atom. The SMILES string of the molecule is CCNc1nc(C(C)(C)c2ccccc2)nc(CC)c1I. The van der Waals surface area contributed by atoms with E-state index < -0.39 is 0 Å². The van der Waals surface area contributed by atoms with Crippen molar-refractivity contribution in [1.29, 1.82) is 0 Å². The maximum atomic E-state index is 4.82. The van der Waals surface area contributed by atoms with Gasteiger partial charge in [-0.05, 0) is 55.3 Å². The summed E-state index contributed by atoms with van der Waals surface area (Å²) in [4.78, 5) is 9.61. The molecule has 0 bridgehead atoms. The highest BCUT2D eigenvalue weighted by molar-refractivity contribution is 14.1. The molecule has 0 aliphatic carbocycles. The smallest absolute Gasteiger partial charge is 0.143 e. The van der Waals surface area contributed by atoms with Crippen molar-refractivity contribution in [3.8, 4) is 0 Å². The van der Waals surface area contributed by atoms with Crippen LogP contribution < -0.4 is 5.32 Å². The number of nitrogens with one attached hydrogen (secondary N) is 1. The number of halogens is 1. The Morgan fingerprint density at radius 1 is 1.10 bits per heavy atom. The molecule has 21 heavy (non-hydrogen) atoms. The number of aryl methyl sites for hydroxylation is 1. The van der Waals surface area contributed by atoms with Gasteiger partial charge < -0.3 is 5.32 Å². The molecule has 0 radical (unpaired) electrons. The van der Waals surface area contributed by atoms with E-state index in [-0.39, 0.29) is 5.41 Å².